The Morgan fingerprint density at radius 2 is 2.06 bits per heavy atom. The van der Waals surface area contributed by atoms with Crippen molar-refractivity contribution in [3.05, 3.63) is 5.56 Å². The lowest BCUT2D eigenvalue weighted by molar-refractivity contribution is 0.211. The highest BCUT2D eigenvalue weighted by molar-refractivity contribution is 5.61. The van der Waals surface area contributed by atoms with E-state index >= 15 is 0 Å². The Bertz CT molecular complexity index is 427. The second-order valence-electron chi connectivity index (χ2n) is 6.25. The third kappa shape index (κ3) is 1.70. The van der Waals surface area contributed by atoms with Crippen LogP contribution in [0.25, 0.3) is 0 Å². The lowest BCUT2D eigenvalue weighted by Gasteiger charge is -2.35. The van der Waals surface area contributed by atoms with E-state index in [0.29, 0.717) is 6.04 Å². The van der Waals surface area contributed by atoms with E-state index < -0.39 is 0 Å². The van der Waals surface area contributed by atoms with Crippen molar-refractivity contribution in [1.29, 1.82) is 0 Å². The second kappa shape index (κ2) is 3.65. The predicted octanol–water partition coefficient (Wildman–Crippen LogP) is 2.64. The summed E-state index contributed by atoms with van der Waals surface area (Å²) in [4.78, 5) is 0. The van der Waals surface area contributed by atoms with Gasteiger partial charge in [0.25, 0.3) is 0 Å². The molecule has 4 nitrogen and oxygen atoms in total. The highest BCUT2D eigenvalue weighted by Gasteiger charge is 2.34. The normalized spacial score (nSPS) is 23.4. The minimum atomic E-state index is 0.269. The summed E-state index contributed by atoms with van der Waals surface area (Å²) in [5, 5.41) is 11.7. The van der Waals surface area contributed by atoms with Gasteiger partial charge in [0, 0.05) is 18.7 Å². The van der Waals surface area contributed by atoms with Crippen molar-refractivity contribution in [1.82, 2.24) is 9.78 Å². The molecule has 2 N–H and O–H groups in total. The largest absolute Gasteiger partial charge is 0.370 e. The molecule has 0 fully saturated rings. The molecule has 2 aliphatic heterocycles. The predicted molar refractivity (Wildman–Crippen MR) is 70.6 cm³/mol. The Hall–Kier alpha value is -1.19. The van der Waals surface area contributed by atoms with Crippen molar-refractivity contribution in [2.75, 3.05) is 23.7 Å². The van der Waals surface area contributed by atoms with Gasteiger partial charge < -0.3 is 10.6 Å². The van der Waals surface area contributed by atoms with Crippen molar-refractivity contribution in [2.45, 2.75) is 46.1 Å². The maximum Gasteiger partial charge on any atom is 0.153 e. The molecule has 1 aromatic heterocycles. The number of anilines is 2. The SMILES string of the molecule is CC(C)(C)C1CCNc2c3c(nn21)NCCC3. The summed E-state index contributed by atoms with van der Waals surface area (Å²) >= 11 is 0. The molecule has 4 heteroatoms. The minimum Gasteiger partial charge on any atom is -0.370 e. The first kappa shape index (κ1) is 10.9. The van der Waals surface area contributed by atoms with E-state index in [1.54, 1.807) is 0 Å². The fourth-order valence-corrected chi connectivity index (χ4v) is 2.98. The molecule has 3 rings (SSSR count). The van der Waals surface area contributed by atoms with Crippen molar-refractivity contribution >= 4 is 11.6 Å². The molecule has 1 atom stereocenters. The molecular weight excluding hydrogens is 212 g/mol. The quantitative estimate of drug-likeness (QED) is 0.725. The first-order valence-electron chi connectivity index (χ1n) is 6.66. The van der Waals surface area contributed by atoms with Crippen LogP contribution >= 0.6 is 0 Å². The van der Waals surface area contributed by atoms with Crippen LogP contribution in [-0.2, 0) is 6.42 Å². The Morgan fingerprint density at radius 3 is 2.82 bits per heavy atom. The highest BCUT2D eigenvalue weighted by atomic mass is 15.4. The molecule has 0 aliphatic carbocycles. The van der Waals surface area contributed by atoms with Crippen LogP contribution < -0.4 is 10.6 Å². The Kier molecular flexibility index (Phi) is 2.35. The summed E-state index contributed by atoms with van der Waals surface area (Å²) in [7, 11) is 0. The Morgan fingerprint density at radius 1 is 1.24 bits per heavy atom. The average molecular weight is 234 g/mol. The molecule has 17 heavy (non-hydrogen) atoms. The summed E-state index contributed by atoms with van der Waals surface area (Å²) in [6, 6.07) is 0.506. The standard InChI is InChI=1S/C13H22N4/c1-13(2,3)10-6-8-15-12-9-5-4-7-14-11(9)16-17(10)12/h10,15H,4-8H2,1-3H3,(H,14,16). The Balaban J connectivity index is 2.06. The maximum atomic E-state index is 4.78. The van der Waals surface area contributed by atoms with Gasteiger partial charge in [-0.25, -0.2) is 4.68 Å². The Labute approximate surface area is 103 Å². The maximum absolute atomic E-state index is 4.78. The van der Waals surface area contributed by atoms with Gasteiger partial charge in [0.1, 0.15) is 5.82 Å². The lowest BCUT2D eigenvalue weighted by atomic mass is 9.84. The van der Waals surface area contributed by atoms with Crippen molar-refractivity contribution in [2.24, 2.45) is 5.41 Å². The molecule has 0 radical (unpaired) electrons. The lowest BCUT2D eigenvalue weighted by Crippen LogP contribution is -2.32. The molecule has 0 saturated carbocycles. The zero-order chi connectivity index (χ0) is 12.0. The molecule has 1 aromatic rings. The van der Waals surface area contributed by atoms with Crippen LogP contribution in [0, 0.1) is 5.41 Å². The topological polar surface area (TPSA) is 41.9 Å². The molecule has 0 spiro atoms. The van der Waals surface area contributed by atoms with E-state index in [2.05, 4.69) is 36.1 Å². The number of fused-ring (bicyclic) bond motifs is 3. The van der Waals surface area contributed by atoms with Crippen molar-refractivity contribution in [3.8, 4) is 0 Å². The van der Waals surface area contributed by atoms with E-state index in [0.717, 1.165) is 31.7 Å². The van der Waals surface area contributed by atoms with Crippen LogP contribution in [0.3, 0.4) is 0 Å². The van der Waals surface area contributed by atoms with Crippen LogP contribution in [0.2, 0.25) is 0 Å². The summed E-state index contributed by atoms with van der Waals surface area (Å²) < 4.78 is 2.23. The fourth-order valence-electron chi connectivity index (χ4n) is 2.98. The molecule has 0 bridgehead atoms. The number of aromatic nitrogens is 2. The van der Waals surface area contributed by atoms with Gasteiger partial charge in [0.05, 0.1) is 6.04 Å². The van der Waals surface area contributed by atoms with E-state index in [1.807, 2.05) is 0 Å². The molecular formula is C13H22N4. The second-order valence-corrected chi connectivity index (χ2v) is 6.25. The molecule has 0 aromatic carbocycles. The summed E-state index contributed by atoms with van der Waals surface area (Å²) in [6.07, 6.45) is 3.53. The van der Waals surface area contributed by atoms with Gasteiger partial charge in [-0.15, -0.1) is 0 Å². The van der Waals surface area contributed by atoms with E-state index in [1.165, 1.54) is 17.8 Å². The third-order valence-corrected chi connectivity index (χ3v) is 3.91. The van der Waals surface area contributed by atoms with Gasteiger partial charge in [0.2, 0.25) is 0 Å². The summed E-state index contributed by atoms with van der Waals surface area (Å²) in [5.41, 5.74) is 1.66. The molecule has 0 saturated heterocycles. The highest BCUT2D eigenvalue weighted by Crippen LogP contribution is 2.41. The van der Waals surface area contributed by atoms with Gasteiger partial charge in [0.15, 0.2) is 5.82 Å². The zero-order valence-corrected chi connectivity index (χ0v) is 11.0. The number of nitrogens with zero attached hydrogens (tertiary/aromatic N) is 2. The van der Waals surface area contributed by atoms with Crippen LogP contribution in [0.15, 0.2) is 0 Å². The fraction of sp³-hybridized carbons (Fsp3) is 0.769. The molecule has 0 amide bonds. The zero-order valence-electron chi connectivity index (χ0n) is 11.0. The average Bonchev–Trinajstić information content (AvgIpc) is 2.65. The molecule has 2 aliphatic rings. The summed E-state index contributed by atoms with van der Waals surface area (Å²) in [5.74, 6) is 2.37. The number of rotatable bonds is 0. The van der Waals surface area contributed by atoms with Gasteiger partial charge in [-0.2, -0.15) is 5.10 Å². The van der Waals surface area contributed by atoms with Crippen molar-refractivity contribution in [3.63, 3.8) is 0 Å². The number of nitrogens with one attached hydrogen (secondary N) is 2. The van der Waals surface area contributed by atoms with Gasteiger partial charge in [-0.05, 0) is 24.7 Å². The van der Waals surface area contributed by atoms with Crippen LogP contribution in [0.5, 0.6) is 0 Å². The molecule has 3 heterocycles. The van der Waals surface area contributed by atoms with E-state index in [9.17, 15) is 0 Å². The van der Waals surface area contributed by atoms with E-state index in [-0.39, 0.29) is 5.41 Å². The first-order chi connectivity index (χ1) is 8.07. The van der Waals surface area contributed by atoms with Gasteiger partial charge in [-0.3, -0.25) is 0 Å². The molecule has 94 valence electrons. The van der Waals surface area contributed by atoms with Crippen molar-refractivity contribution < 1.29 is 0 Å². The van der Waals surface area contributed by atoms with Crippen LogP contribution in [0.4, 0.5) is 11.6 Å². The first-order valence-corrected chi connectivity index (χ1v) is 6.66. The third-order valence-electron chi connectivity index (χ3n) is 3.91. The molecule has 1 unspecified atom stereocenters. The smallest absolute Gasteiger partial charge is 0.153 e. The van der Waals surface area contributed by atoms with Gasteiger partial charge >= 0.3 is 0 Å². The monoisotopic (exact) mass is 234 g/mol. The number of hydrogen-bond acceptors (Lipinski definition) is 3. The van der Waals surface area contributed by atoms with Crippen LogP contribution in [0.1, 0.15) is 45.2 Å². The minimum absolute atomic E-state index is 0.269. The van der Waals surface area contributed by atoms with Crippen LogP contribution in [-0.4, -0.2) is 22.9 Å². The van der Waals surface area contributed by atoms with E-state index in [4.69, 9.17) is 5.10 Å². The van der Waals surface area contributed by atoms with Gasteiger partial charge in [-0.1, -0.05) is 20.8 Å². The summed E-state index contributed by atoms with van der Waals surface area (Å²) in [6.45, 7) is 9.05. The number of hydrogen-bond donors (Lipinski definition) is 2.